The van der Waals surface area contributed by atoms with Crippen LogP contribution in [0.2, 0.25) is 0 Å². The Morgan fingerprint density at radius 1 is 1.31 bits per heavy atom. The van der Waals surface area contributed by atoms with Crippen LogP contribution in [0.3, 0.4) is 0 Å². The molecule has 158 valence electrons. The number of amides is 1. The van der Waals surface area contributed by atoms with E-state index in [0.29, 0.717) is 31.5 Å². The summed E-state index contributed by atoms with van der Waals surface area (Å²) in [5, 5.41) is 13.8. The van der Waals surface area contributed by atoms with Crippen molar-refractivity contribution < 1.29 is 9.53 Å². The number of hydrogen-bond donors (Lipinski definition) is 3. The molecule has 1 unspecified atom stereocenters. The van der Waals surface area contributed by atoms with Crippen LogP contribution in [0.5, 0.6) is 0 Å². The number of nitrogens with one attached hydrogen (secondary N) is 3. The summed E-state index contributed by atoms with van der Waals surface area (Å²) in [7, 11) is 3.33. The van der Waals surface area contributed by atoms with Crippen LogP contribution < -0.4 is 16.0 Å². The van der Waals surface area contributed by atoms with Crippen LogP contribution in [0.1, 0.15) is 23.6 Å². The third kappa shape index (κ3) is 6.96. The summed E-state index contributed by atoms with van der Waals surface area (Å²) in [5.74, 6) is 2.20. The number of benzene rings is 1. The second kappa shape index (κ2) is 11.7. The lowest BCUT2D eigenvalue weighted by molar-refractivity contribution is -0.120. The fourth-order valence-corrected chi connectivity index (χ4v) is 3.08. The van der Waals surface area contributed by atoms with Crippen LogP contribution in [0.4, 0.5) is 0 Å². The quantitative estimate of drug-likeness (QED) is 0.288. The van der Waals surface area contributed by atoms with Crippen LogP contribution in [0.15, 0.2) is 35.3 Å². The van der Waals surface area contributed by atoms with Crippen molar-refractivity contribution in [2.75, 3.05) is 20.7 Å². The van der Waals surface area contributed by atoms with Gasteiger partial charge in [-0.15, -0.1) is 24.0 Å². The fourth-order valence-electron chi connectivity index (χ4n) is 3.08. The highest BCUT2D eigenvalue weighted by molar-refractivity contribution is 14.0. The highest BCUT2D eigenvalue weighted by Crippen LogP contribution is 2.13. The number of halogens is 1. The molecule has 10 heteroatoms. The van der Waals surface area contributed by atoms with E-state index in [4.69, 9.17) is 4.74 Å². The van der Waals surface area contributed by atoms with Gasteiger partial charge in [0.2, 0.25) is 5.91 Å². The minimum absolute atomic E-state index is 0. The van der Waals surface area contributed by atoms with Crippen LogP contribution >= 0.6 is 24.0 Å². The number of rotatable bonds is 7. The average Bonchev–Trinajstić information content (AvgIpc) is 3.12. The average molecular weight is 513 g/mol. The summed E-state index contributed by atoms with van der Waals surface area (Å²) in [6.45, 7) is 1.78. The molecule has 0 radical (unpaired) electrons. The highest BCUT2D eigenvalue weighted by Gasteiger charge is 2.22. The zero-order valence-corrected chi connectivity index (χ0v) is 19.1. The van der Waals surface area contributed by atoms with E-state index in [0.717, 1.165) is 24.2 Å². The first kappa shape index (κ1) is 23.1. The van der Waals surface area contributed by atoms with Gasteiger partial charge >= 0.3 is 0 Å². The molecule has 2 aromatic rings. The number of aromatic nitrogens is 3. The van der Waals surface area contributed by atoms with Crippen molar-refractivity contribution in [3.63, 3.8) is 0 Å². The number of aliphatic imine (C=N–C) groups is 1. The zero-order chi connectivity index (χ0) is 19.8. The monoisotopic (exact) mass is 513 g/mol. The van der Waals surface area contributed by atoms with Crippen molar-refractivity contribution in [1.29, 1.82) is 0 Å². The third-order valence-corrected chi connectivity index (χ3v) is 4.49. The van der Waals surface area contributed by atoms with Gasteiger partial charge in [0.25, 0.3) is 0 Å². The van der Waals surface area contributed by atoms with Crippen LogP contribution in [0.25, 0.3) is 0 Å². The van der Waals surface area contributed by atoms with Gasteiger partial charge in [0.1, 0.15) is 12.4 Å². The molecule has 29 heavy (non-hydrogen) atoms. The standard InChI is InChI=1S/C19H27N7O2.HI/c1-20-19(22-11-18(27)21-10-14-6-4-3-5-7-14)23-15-8-9-17-24-16(13-28-2)25-26(17)12-15;/h3-7,15H,8-13H2,1-2H3,(H,21,27)(H2,20,22,23);1H. The van der Waals surface area contributed by atoms with E-state index in [-0.39, 0.29) is 42.5 Å². The SMILES string of the molecule is CN=C(NCC(=O)NCc1ccccc1)NC1CCc2nc(COC)nn2C1.I. The molecule has 0 spiro atoms. The first-order valence-electron chi connectivity index (χ1n) is 9.37. The van der Waals surface area contributed by atoms with Crippen molar-refractivity contribution in [1.82, 2.24) is 30.7 Å². The molecule has 0 saturated heterocycles. The summed E-state index contributed by atoms with van der Waals surface area (Å²) in [6.07, 6.45) is 1.76. The summed E-state index contributed by atoms with van der Waals surface area (Å²) in [5.41, 5.74) is 1.07. The van der Waals surface area contributed by atoms with E-state index < -0.39 is 0 Å². The lowest BCUT2D eigenvalue weighted by Crippen LogP contribution is -2.49. The van der Waals surface area contributed by atoms with Crippen LogP contribution in [-0.2, 0) is 35.6 Å². The molecule has 0 aliphatic carbocycles. The Morgan fingerprint density at radius 3 is 2.83 bits per heavy atom. The van der Waals surface area contributed by atoms with Gasteiger partial charge in [0.05, 0.1) is 13.1 Å². The van der Waals surface area contributed by atoms with Crippen molar-refractivity contribution in [3.8, 4) is 0 Å². The van der Waals surface area contributed by atoms with E-state index in [1.54, 1.807) is 14.2 Å². The first-order valence-corrected chi connectivity index (χ1v) is 9.37. The molecule has 0 fully saturated rings. The minimum atomic E-state index is -0.0850. The van der Waals surface area contributed by atoms with Crippen molar-refractivity contribution in [2.45, 2.75) is 38.6 Å². The van der Waals surface area contributed by atoms with Gasteiger partial charge in [0, 0.05) is 33.2 Å². The summed E-state index contributed by atoms with van der Waals surface area (Å²) in [6, 6.07) is 9.99. The molecule has 1 aliphatic heterocycles. The maximum absolute atomic E-state index is 12.1. The van der Waals surface area contributed by atoms with E-state index in [1.807, 2.05) is 35.0 Å². The Balaban J connectivity index is 0.00000300. The number of fused-ring (bicyclic) bond motifs is 1. The molecule has 1 atom stereocenters. The predicted octanol–water partition coefficient (Wildman–Crippen LogP) is 0.839. The largest absolute Gasteiger partial charge is 0.377 e. The summed E-state index contributed by atoms with van der Waals surface area (Å²) in [4.78, 5) is 20.8. The van der Waals surface area contributed by atoms with E-state index in [2.05, 4.69) is 31.0 Å². The number of hydrogen-bond acceptors (Lipinski definition) is 5. The Morgan fingerprint density at radius 2 is 2.10 bits per heavy atom. The van der Waals surface area contributed by atoms with Crippen LogP contribution in [-0.4, -0.2) is 53.4 Å². The molecule has 3 N–H and O–H groups in total. The molecule has 1 amide bonds. The molecule has 2 heterocycles. The fraction of sp³-hybridized carbons (Fsp3) is 0.474. The topological polar surface area (TPSA) is 105 Å². The van der Waals surface area contributed by atoms with Gasteiger partial charge in [0.15, 0.2) is 11.8 Å². The molecule has 1 aromatic carbocycles. The second-order valence-corrected chi connectivity index (χ2v) is 6.63. The van der Waals surface area contributed by atoms with Crippen molar-refractivity contribution >= 4 is 35.8 Å². The Labute approximate surface area is 187 Å². The van der Waals surface area contributed by atoms with Gasteiger partial charge in [-0.1, -0.05) is 30.3 Å². The molecule has 0 bridgehead atoms. The molecule has 1 aromatic heterocycles. The van der Waals surface area contributed by atoms with E-state index >= 15 is 0 Å². The van der Waals surface area contributed by atoms with Gasteiger partial charge < -0.3 is 20.7 Å². The summed E-state index contributed by atoms with van der Waals surface area (Å²) >= 11 is 0. The first-order chi connectivity index (χ1) is 13.7. The molecular weight excluding hydrogens is 485 g/mol. The van der Waals surface area contributed by atoms with Crippen molar-refractivity contribution in [2.24, 2.45) is 4.99 Å². The lowest BCUT2D eigenvalue weighted by Gasteiger charge is -2.25. The zero-order valence-electron chi connectivity index (χ0n) is 16.7. The predicted molar refractivity (Wildman–Crippen MR) is 121 cm³/mol. The molecule has 9 nitrogen and oxygen atoms in total. The minimum Gasteiger partial charge on any atom is -0.377 e. The highest BCUT2D eigenvalue weighted by atomic mass is 127. The summed E-state index contributed by atoms with van der Waals surface area (Å²) < 4.78 is 7.01. The number of carbonyl (C=O) groups is 1. The molecular formula is C19H28IN7O2. The number of methoxy groups -OCH3 is 1. The van der Waals surface area contributed by atoms with E-state index in [9.17, 15) is 4.79 Å². The number of nitrogens with zero attached hydrogens (tertiary/aromatic N) is 4. The number of ether oxygens (including phenoxy) is 1. The van der Waals surface area contributed by atoms with E-state index in [1.165, 1.54) is 0 Å². The van der Waals surface area contributed by atoms with Gasteiger partial charge in [-0.3, -0.25) is 9.79 Å². The number of carbonyl (C=O) groups excluding carboxylic acids is 1. The Bertz CT molecular complexity index is 810. The Hall–Kier alpha value is -2.21. The molecule has 0 saturated carbocycles. The number of guanidine groups is 1. The third-order valence-electron chi connectivity index (χ3n) is 4.49. The van der Waals surface area contributed by atoms with Gasteiger partial charge in [-0.2, -0.15) is 5.10 Å². The van der Waals surface area contributed by atoms with Crippen molar-refractivity contribution in [3.05, 3.63) is 47.5 Å². The lowest BCUT2D eigenvalue weighted by atomic mass is 10.1. The maximum Gasteiger partial charge on any atom is 0.239 e. The maximum atomic E-state index is 12.1. The smallest absolute Gasteiger partial charge is 0.239 e. The molecule has 3 rings (SSSR count). The van der Waals surface area contributed by atoms with Crippen LogP contribution in [0, 0.1) is 0 Å². The second-order valence-electron chi connectivity index (χ2n) is 6.63. The van der Waals surface area contributed by atoms with Gasteiger partial charge in [-0.05, 0) is 12.0 Å². The normalized spacial score (nSPS) is 15.8. The Kier molecular flexibility index (Phi) is 9.32. The number of aryl methyl sites for hydroxylation is 1. The van der Waals surface area contributed by atoms with Gasteiger partial charge in [-0.25, -0.2) is 9.67 Å². The molecule has 1 aliphatic rings.